The number of hydrogen-bond acceptors (Lipinski definition) is 3. The number of hydrogen-bond donors (Lipinski definition) is 4. The fourth-order valence-electron chi connectivity index (χ4n) is 1.17. The van der Waals surface area contributed by atoms with E-state index in [2.05, 4.69) is 31.9 Å². The predicted octanol–water partition coefficient (Wildman–Crippen LogP) is 1.01. The Balaban J connectivity index is 2.70. The molecule has 0 fully saturated rings. The second-order valence-electron chi connectivity index (χ2n) is 3.48. The van der Waals surface area contributed by atoms with Crippen molar-refractivity contribution < 1.29 is 19.5 Å². The number of urea groups is 1. The summed E-state index contributed by atoms with van der Waals surface area (Å²) in [5.74, 6) is -1.44. The first kappa shape index (κ1) is 15.0. The lowest BCUT2D eigenvalue weighted by molar-refractivity contribution is -0.119. The fraction of sp³-hybridized carbons (Fsp3) is 0.182. The zero-order valence-corrected chi connectivity index (χ0v) is 11.6. The molecular weight excluding hydrogens is 318 g/mol. The van der Waals surface area contributed by atoms with Crippen LogP contribution in [0.15, 0.2) is 22.7 Å². The number of carboxylic acids is 1. The highest BCUT2D eigenvalue weighted by Crippen LogP contribution is 2.23. The van der Waals surface area contributed by atoms with Crippen LogP contribution in [0.1, 0.15) is 10.4 Å². The van der Waals surface area contributed by atoms with E-state index in [-0.39, 0.29) is 18.0 Å². The number of rotatable bonds is 4. The van der Waals surface area contributed by atoms with E-state index in [1.807, 2.05) is 0 Å². The zero-order valence-electron chi connectivity index (χ0n) is 9.99. The molecule has 7 nitrogen and oxygen atoms in total. The van der Waals surface area contributed by atoms with Crippen LogP contribution < -0.4 is 16.0 Å². The van der Waals surface area contributed by atoms with E-state index >= 15 is 0 Å². The number of aromatic carboxylic acids is 1. The minimum Gasteiger partial charge on any atom is -0.478 e. The topological polar surface area (TPSA) is 108 Å². The van der Waals surface area contributed by atoms with Crippen molar-refractivity contribution in [2.75, 3.05) is 18.9 Å². The first-order valence-corrected chi connectivity index (χ1v) is 6.01. The van der Waals surface area contributed by atoms with Crippen molar-refractivity contribution in [3.8, 4) is 0 Å². The predicted molar refractivity (Wildman–Crippen MR) is 72.2 cm³/mol. The lowest BCUT2D eigenvalue weighted by Gasteiger charge is -2.09. The average molecular weight is 330 g/mol. The molecular formula is C11H12BrN3O4. The van der Waals surface area contributed by atoms with Gasteiger partial charge in [-0.1, -0.05) is 0 Å². The summed E-state index contributed by atoms with van der Waals surface area (Å²) in [6, 6.07) is 3.62. The Bertz CT molecular complexity index is 519. The van der Waals surface area contributed by atoms with E-state index in [9.17, 15) is 14.4 Å². The third-order valence-electron chi connectivity index (χ3n) is 2.15. The summed E-state index contributed by atoms with van der Waals surface area (Å²) in [5.41, 5.74) is 0.346. The third-order valence-corrected chi connectivity index (χ3v) is 2.84. The summed E-state index contributed by atoms with van der Waals surface area (Å²) < 4.78 is 0.535. The molecule has 19 heavy (non-hydrogen) atoms. The van der Waals surface area contributed by atoms with Crippen LogP contribution >= 0.6 is 15.9 Å². The largest absolute Gasteiger partial charge is 0.478 e. The van der Waals surface area contributed by atoms with Gasteiger partial charge in [0.15, 0.2) is 0 Å². The standard InChI is InChI=1S/C11H12BrN3O4/c1-13-9(16)5-14-11(19)15-8-4-6(10(17)18)2-3-7(8)12/h2-4H,5H2,1H3,(H,13,16)(H,17,18)(H2,14,15,19). The second kappa shape index (κ2) is 6.74. The summed E-state index contributed by atoms with van der Waals surface area (Å²) in [6.45, 7) is -0.168. The van der Waals surface area contributed by atoms with Crippen molar-refractivity contribution in [2.24, 2.45) is 0 Å². The number of carboxylic acid groups (broad SMARTS) is 1. The Labute approximate surface area is 117 Å². The van der Waals surface area contributed by atoms with E-state index in [0.717, 1.165) is 0 Å². The number of amides is 3. The summed E-state index contributed by atoms with van der Waals surface area (Å²) in [7, 11) is 1.45. The van der Waals surface area contributed by atoms with Gasteiger partial charge in [0.05, 0.1) is 17.8 Å². The van der Waals surface area contributed by atoms with Crippen LogP contribution in [0.3, 0.4) is 0 Å². The zero-order chi connectivity index (χ0) is 14.4. The number of likely N-dealkylation sites (N-methyl/N-ethyl adjacent to an activating group) is 1. The van der Waals surface area contributed by atoms with Crippen LogP contribution in [0.4, 0.5) is 10.5 Å². The van der Waals surface area contributed by atoms with E-state index in [1.54, 1.807) is 0 Å². The van der Waals surface area contributed by atoms with E-state index in [1.165, 1.54) is 25.2 Å². The Kier molecular flexibility index (Phi) is 5.31. The summed E-state index contributed by atoms with van der Waals surface area (Å²) in [5, 5.41) is 16.0. The van der Waals surface area contributed by atoms with Crippen molar-refractivity contribution >= 4 is 39.5 Å². The summed E-state index contributed by atoms with van der Waals surface area (Å²) in [6.07, 6.45) is 0. The van der Waals surface area contributed by atoms with Gasteiger partial charge in [0.25, 0.3) is 0 Å². The Hall–Kier alpha value is -2.09. The van der Waals surface area contributed by atoms with Gasteiger partial charge in [-0.3, -0.25) is 4.79 Å². The molecule has 1 aromatic rings. The molecule has 8 heteroatoms. The lowest BCUT2D eigenvalue weighted by Crippen LogP contribution is -2.37. The first-order valence-electron chi connectivity index (χ1n) is 5.22. The van der Waals surface area contributed by atoms with Crippen LogP contribution in [0.2, 0.25) is 0 Å². The number of halogens is 1. The monoisotopic (exact) mass is 329 g/mol. The maximum absolute atomic E-state index is 11.5. The van der Waals surface area contributed by atoms with E-state index < -0.39 is 12.0 Å². The molecule has 0 aliphatic carbocycles. The first-order chi connectivity index (χ1) is 8.93. The molecule has 1 rings (SSSR count). The molecule has 0 saturated carbocycles. The number of nitrogens with one attached hydrogen (secondary N) is 3. The maximum Gasteiger partial charge on any atom is 0.335 e. The molecule has 0 aliphatic rings. The van der Waals surface area contributed by atoms with Crippen molar-refractivity contribution in [1.29, 1.82) is 0 Å². The highest BCUT2D eigenvalue weighted by Gasteiger charge is 2.10. The number of carbonyl (C=O) groups excluding carboxylic acids is 2. The van der Waals surface area contributed by atoms with Crippen molar-refractivity contribution in [3.63, 3.8) is 0 Å². The molecule has 0 heterocycles. The van der Waals surface area contributed by atoms with Crippen LogP contribution in [-0.4, -0.2) is 36.6 Å². The minimum absolute atomic E-state index is 0.0461. The number of benzene rings is 1. The van der Waals surface area contributed by atoms with E-state index in [4.69, 9.17) is 5.11 Å². The van der Waals surface area contributed by atoms with Gasteiger partial charge in [-0.15, -0.1) is 0 Å². The summed E-state index contributed by atoms with van der Waals surface area (Å²) >= 11 is 3.19. The maximum atomic E-state index is 11.5. The number of carbonyl (C=O) groups is 3. The van der Waals surface area contributed by atoms with Gasteiger partial charge < -0.3 is 21.1 Å². The normalized spacial score (nSPS) is 9.58. The third kappa shape index (κ3) is 4.59. The van der Waals surface area contributed by atoms with Crippen LogP contribution in [0, 0.1) is 0 Å². The van der Waals surface area contributed by atoms with Gasteiger partial charge in [0.2, 0.25) is 5.91 Å². The van der Waals surface area contributed by atoms with Gasteiger partial charge in [0.1, 0.15) is 0 Å². The van der Waals surface area contributed by atoms with Crippen LogP contribution in [-0.2, 0) is 4.79 Å². The van der Waals surface area contributed by atoms with Crippen molar-refractivity contribution in [2.45, 2.75) is 0 Å². The molecule has 0 radical (unpaired) electrons. The van der Waals surface area contributed by atoms with Gasteiger partial charge in [-0.2, -0.15) is 0 Å². The molecule has 0 atom stereocenters. The molecule has 3 amide bonds. The highest BCUT2D eigenvalue weighted by atomic mass is 79.9. The van der Waals surface area contributed by atoms with Gasteiger partial charge in [-0.25, -0.2) is 9.59 Å². The fourth-order valence-corrected chi connectivity index (χ4v) is 1.52. The number of anilines is 1. The van der Waals surface area contributed by atoms with Crippen molar-refractivity contribution in [1.82, 2.24) is 10.6 Å². The Morgan fingerprint density at radius 2 is 2.00 bits per heavy atom. The Morgan fingerprint density at radius 3 is 2.58 bits per heavy atom. The van der Waals surface area contributed by atoms with Gasteiger partial charge in [0, 0.05) is 11.5 Å². The lowest BCUT2D eigenvalue weighted by atomic mass is 10.2. The highest BCUT2D eigenvalue weighted by molar-refractivity contribution is 9.10. The van der Waals surface area contributed by atoms with Gasteiger partial charge in [-0.05, 0) is 34.1 Å². The average Bonchev–Trinajstić information content (AvgIpc) is 2.38. The molecule has 0 unspecified atom stereocenters. The van der Waals surface area contributed by atoms with E-state index in [0.29, 0.717) is 10.2 Å². The molecule has 0 spiro atoms. The summed E-state index contributed by atoms with van der Waals surface area (Å²) in [4.78, 5) is 33.2. The van der Waals surface area contributed by atoms with Crippen molar-refractivity contribution in [3.05, 3.63) is 28.2 Å². The second-order valence-corrected chi connectivity index (χ2v) is 4.33. The molecule has 0 aromatic heterocycles. The molecule has 0 bridgehead atoms. The molecule has 102 valence electrons. The SMILES string of the molecule is CNC(=O)CNC(=O)Nc1cc(C(=O)O)ccc1Br. The minimum atomic E-state index is -1.10. The molecule has 1 aromatic carbocycles. The van der Waals surface area contributed by atoms with Crippen LogP contribution in [0.5, 0.6) is 0 Å². The quantitative estimate of drug-likeness (QED) is 0.661. The Morgan fingerprint density at radius 1 is 1.32 bits per heavy atom. The smallest absolute Gasteiger partial charge is 0.335 e. The molecule has 0 saturated heterocycles. The molecule has 4 N–H and O–H groups in total. The van der Waals surface area contributed by atoms with Crippen LogP contribution in [0.25, 0.3) is 0 Å². The van der Waals surface area contributed by atoms with Gasteiger partial charge >= 0.3 is 12.0 Å². The molecule has 0 aliphatic heterocycles.